The highest BCUT2D eigenvalue weighted by atomic mass is 127. The van der Waals surface area contributed by atoms with Crippen LogP contribution >= 0.6 is 24.0 Å². The summed E-state index contributed by atoms with van der Waals surface area (Å²) in [6, 6.07) is 10.8. The second-order valence-electron chi connectivity index (χ2n) is 8.91. The SMILES string of the molecule is CCOC(=O)N1CCC(NC(=NCC(=O)N(C)C)NCC2(c3ccccc3)CCC2)CC1.I. The van der Waals surface area contributed by atoms with Gasteiger partial charge in [-0.3, -0.25) is 4.79 Å². The summed E-state index contributed by atoms with van der Waals surface area (Å²) in [5, 5.41) is 7.02. The van der Waals surface area contributed by atoms with Gasteiger partial charge < -0.3 is 25.2 Å². The van der Waals surface area contributed by atoms with Gasteiger partial charge in [0.15, 0.2) is 5.96 Å². The number of benzene rings is 1. The van der Waals surface area contributed by atoms with E-state index in [1.807, 2.05) is 13.0 Å². The molecule has 0 bridgehead atoms. The zero-order chi connectivity index (χ0) is 23.0. The molecule has 1 saturated heterocycles. The van der Waals surface area contributed by atoms with E-state index in [1.54, 1.807) is 23.9 Å². The molecule has 0 unspecified atom stereocenters. The van der Waals surface area contributed by atoms with Crippen molar-refractivity contribution in [2.45, 2.75) is 50.5 Å². The average Bonchev–Trinajstić information content (AvgIpc) is 2.77. The van der Waals surface area contributed by atoms with Gasteiger partial charge in [-0.2, -0.15) is 0 Å². The van der Waals surface area contributed by atoms with Gasteiger partial charge in [-0.15, -0.1) is 24.0 Å². The highest BCUT2D eigenvalue weighted by molar-refractivity contribution is 14.0. The van der Waals surface area contributed by atoms with Crippen LogP contribution in [0.1, 0.15) is 44.6 Å². The van der Waals surface area contributed by atoms with Gasteiger partial charge in [-0.25, -0.2) is 9.79 Å². The molecular weight excluding hydrogens is 533 g/mol. The summed E-state index contributed by atoms with van der Waals surface area (Å²) in [5.74, 6) is 0.627. The lowest BCUT2D eigenvalue weighted by Crippen LogP contribution is -2.53. The number of hydrogen-bond donors (Lipinski definition) is 2. The molecule has 0 radical (unpaired) electrons. The van der Waals surface area contributed by atoms with Gasteiger partial charge in [0.2, 0.25) is 5.91 Å². The molecule has 9 heteroatoms. The van der Waals surface area contributed by atoms with Gasteiger partial charge in [0, 0.05) is 45.2 Å². The number of likely N-dealkylation sites (N-methyl/N-ethyl adjacent to an activating group) is 1. The fourth-order valence-corrected chi connectivity index (χ4v) is 4.27. The number of carbonyl (C=O) groups excluding carboxylic acids is 2. The van der Waals surface area contributed by atoms with Crippen molar-refractivity contribution in [3.05, 3.63) is 35.9 Å². The number of carbonyl (C=O) groups is 2. The predicted molar refractivity (Wildman–Crippen MR) is 141 cm³/mol. The average molecular weight is 572 g/mol. The van der Waals surface area contributed by atoms with E-state index in [0.29, 0.717) is 25.7 Å². The van der Waals surface area contributed by atoms with Gasteiger partial charge in [0.25, 0.3) is 0 Å². The van der Waals surface area contributed by atoms with E-state index in [-0.39, 0.29) is 54.0 Å². The number of ether oxygens (including phenoxy) is 1. The fourth-order valence-electron chi connectivity index (χ4n) is 4.27. The van der Waals surface area contributed by atoms with Gasteiger partial charge in [-0.1, -0.05) is 36.8 Å². The van der Waals surface area contributed by atoms with Crippen molar-refractivity contribution < 1.29 is 14.3 Å². The molecule has 1 saturated carbocycles. The van der Waals surface area contributed by atoms with Crippen molar-refractivity contribution in [2.75, 3.05) is 46.9 Å². The monoisotopic (exact) mass is 571 g/mol. The summed E-state index contributed by atoms with van der Waals surface area (Å²) < 4.78 is 5.11. The minimum Gasteiger partial charge on any atom is -0.450 e. The minimum atomic E-state index is -0.246. The molecule has 1 aliphatic heterocycles. The van der Waals surface area contributed by atoms with Crippen LogP contribution in [0, 0.1) is 0 Å². The Labute approximate surface area is 214 Å². The highest BCUT2D eigenvalue weighted by Gasteiger charge is 2.38. The first-order chi connectivity index (χ1) is 15.4. The van der Waals surface area contributed by atoms with Crippen molar-refractivity contribution >= 4 is 41.9 Å². The van der Waals surface area contributed by atoms with E-state index in [0.717, 1.165) is 32.2 Å². The fraction of sp³-hybridized carbons (Fsp3) is 0.625. The van der Waals surface area contributed by atoms with E-state index >= 15 is 0 Å². The third kappa shape index (κ3) is 7.48. The number of rotatable bonds is 7. The van der Waals surface area contributed by atoms with E-state index in [2.05, 4.69) is 39.9 Å². The number of aliphatic imine (C=N–C) groups is 1. The zero-order valence-electron chi connectivity index (χ0n) is 20.0. The molecule has 0 spiro atoms. The van der Waals surface area contributed by atoms with Crippen molar-refractivity contribution in [1.29, 1.82) is 0 Å². The zero-order valence-corrected chi connectivity index (χ0v) is 22.3. The summed E-state index contributed by atoms with van der Waals surface area (Å²) in [4.78, 5) is 32.0. The molecule has 0 aromatic heterocycles. The summed E-state index contributed by atoms with van der Waals surface area (Å²) in [6.45, 7) is 4.38. The molecular formula is C24H38IN5O3. The molecule has 1 aromatic carbocycles. The number of hydrogen-bond acceptors (Lipinski definition) is 4. The quantitative estimate of drug-likeness (QED) is 0.299. The second-order valence-corrected chi connectivity index (χ2v) is 8.91. The van der Waals surface area contributed by atoms with E-state index < -0.39 is 0 Å². The Bertz CT molecular complexity index is 791. The van der Waals surface area contributed by atoms with Gasteiger partial charge >= 0.3 is 6.09 Å². The molecule has 2 aliphatic rings. The molecule has 1 heterocycles. The Morgan fingerprint density at radius 2 is 1.85 bits per heavy atom. The Morgan fingerprint density at radius 1 is 1.18 bits per heavy atom. The molecule has 184 valence electrons. The van der Waals surface area contributed by atoms with Crippen LogP contribution in [0.5, 0.6) is 0 Å². The summed E-state index contributed by atoms with van der Waals surface area (Å²) in [7, 11) is 3.48. The molecule has 1 aromatic rings. The summed E-state index contributed by atoms with van der Waals surface area (Å²) in [6.07, 6.45) is 4.89. The van der Waals surface area contributed by atoms with Crippen LogP contribution in [0.3, 0.4) is 0 Å². The topological polar surface area (TPSA) is 86.3 Å². The van der Waals surface area contributed by atoms with Gasteiger partial charge in [-0.05, 0) is 38.2 Å². The Morgan fingerprint density at radius 3 is 2.39 bits per heavy atom. The standard InChI is InChI=1S/C24H37N5O3.HI/c1-4-32-23(31)29-15-11-20(12-16-29)27-22(25-17-21(30)28(2)3)26-18-24(13-8-14-24)19-9-6-5-7-10-19;/h5-7,9-10,20H,4,8,11-18H2,1-3H3,(H2,25,26,27);1H. The van der Waals surface area contributed by atoms with E-state index in [4.69, 9.17) is 4.74 Å². The Balaban J connectivity index is 0.00000385. The number of likely N-dealkylation sites (tertiary alicyclic amines) is 1. The number of piperidine rings is 1. The lowest BCUT2D eigenvalue weighted by molar-refractivity contribution is -0.127. The molecule has 33 heavy (non-hydrogen) atoms. The largest absolute Gasteiger partial charge is 0.450 e. The number of amides is 2. The van der Waals surface area contributed by atoms with Crippen LogP contribution in [-0.4, -0.2) is 80.7 Å². The second kappa shape index (κ2) is 13.0. The first-order valence-electron chi connectivity index (χ1n) is 11.7. The maximum Gasteiger partial charge on any atom is 0.409 e. The lowest BCUT2D eigenvalue weighted by atomic mass is 9.64. The number of halogens is 1. The molecule has 3 rings (SSSR count). The minimum absolute atomic E-state index is 0. The van der Waals surface area contributed by atoms with Gasteiger partial charge in [0.05, 0.1) is 6.61 Å². The summed E-state index contributed by atoms with van der Waals surface area (Å²) >= 11 is 0. The van der Waals surface area contributed by atoms with Crippen molar-refractivity contribution in [3.63, 3.8) is 0 Å². The molecule has 2 amide bonds. The third-order valence-corrected chi connectivity index (χ3v) is 6.52. The van der Waals surface area contributed by atoms with Crippen molar-refractivity contribution in [2.24, 2.45) is 4.99 Å². The smallest absolute Gasteiger partial charge is 0.409 e. The molecule has 8 nitrogen and oxygen atoms in total. The molecule has 0 atom stereocenters. The molecule has 1 aliphatic carbocycles. The Hall–Kier alpha value is -2.04. The maximum absolute atomic E-state index is 12.1. The van der Waals surface area contributed by atoms with E-state index in [1.165, 1.54) is 12.0 Å². The van der Waals surface area contributed by atoms with Crippen LogP contribution in [0.4, 0.5) is 4.79 Å². The maximum atomic E-state index is 12.1. The molecule has 2 N–H and O–H groups in total. The predicted octanol–water partition coefficient (Wildman–Crippen LogP) is 2.97. The number of guanidine groups is 1. The normalized spacial score (nSPS) is 17.9. The van der Waals surface area contributed by atoms with E-state index in [9.17, 15) is 9.59 Å². The molecule has 2 fully saturated rings. The third-order valence-electron chi connectivity index (χ3n) is 6.52. The highest BCUT2D eigenvalue weighted by Crippen LogP contribution is 2.43. The first-order valence-corrected chi connectivity index (χ1v) is 11.7. The summed E-state index contributed by atoms with van der Waals surface area (Å²) in [5.41, 5.74) is 1.47. The van der Waals surface area contributed by atoms with Crippen molar-refractivity contribution in [1.82, 2.24) is 20.4 Å². The Kier molecular flexibility index (Phi) is 10.7. The number of nitrogens with zero attached hydrogens (tertiary/aromatic N) is 3. The van der Waals surface area contributed by atoms with Crippen LogP contribution < -0.4 is 10.6 Å². The van der Waals surface area contributed by atoms with Crippen molar-refractivity contribution in [3.8, 4) is 0 Å². The van der Waals surface area contributed by atoms with Crippen LogP contribution in [0.15, 0.2) is 35.3 Å². The van der Waals surface area contributed by atoms with Gasteiger partial charge in [0.1, 0.15) is 6.54 Å². The van der Waals surface area contributed by atoms with Crippen LogP contribution in [0.2, 0.25) is 0 Å². The number of nitrogens with one attached hydrogen (secondary N) is 2. The van der Waals surface area contributed by atoms with Crippen LogP contribution in [0.25, 0.3) is 0 Å². The lowest BCUT2D eigenvalue weighted by Gasteiger charge is -2.43. The first kappa shape index (κ1) is 27.2. The van der Waals surface area contributed by atoms with Crippen LogP contribution in [-0.2, 0) is 14.9 Å².